The number of carbonyl (C=O) groups excluding carboxylic acids is 2. The van der Waals surface area contributed by atoms with Crippen LogP contribution >= 0.6 is 0 Å². The zero-order valence-corrected chi connectivity index (χ0v) is 16.9. The van der Waals surface area contributed by atoms with Gasteiger partial charge in [0.1, 0.15) is 17.1 Å². The lowest BCUT2D eigenvalue weighted by atomic mass is 10.2. The highest BCUT2D eigenvalue weighted by Gasteiger charge is 2.31. The number of sulfonamides is 1. The van der Waals surface area contributed by atoms with Gasteiger partial charge in [-0.3, -0.25) is 4.79 Å². The molecule has 0 N–H and O–H groups in total. The SMILES string of the molecule is COC(=O)c1cccc(C(=O)N2CCN(S(=O)(=O)c3ccc(OC)cc3)CC2)n1. The number of aromatic nitrogens is 1. The van der Waals surface area contributed by atoms with E-state index >= 15 is 0 Å². The van der Waals surface area contributed by atoms with Gasteiger partial charge in [-0.15, -0.1) is 0 Å². The zero-order chi connectivity index (χ0) is 21.0. The van der Waals surface area contributed by atoms with Crippen LogP contribution in [0.5, 0.6) is 5.75 Å². The van der Waals surface area contributed by atoms with E-state index in [9.17, 15) is 18.0 Å². The molecule has 1 aliphatic heterocycles. The van der Waals surface area contributed by atoms with Crippen LogP contribution in [0.1, 0.15) is 21.0 Å². The molecule has 0 spiro atoms. The van der Waals surface area contributed by atoms with Gasteiger partial charge in [0.25, 0.3) is 5.91 Å². The molecule has 1 aromatic heterocycles. The second kappa shape index (κ2) is 8.58. The number of benzene rings is 1. The Morgan fingerprint density at radius 1 is 0.931 bits per heavy atom. The summed E-state index contributed by atoms with van der Waals surface area (Å²) in [5, 5.41) is 0. The second-order valence-electron chi connectivity index (χ2n) is 6.27. The van der Waals surface area contributed by atoms with Gasteiger partial charge < -0.3 is 14.4 Å². The van der Waals surface area contributed by atoms with E-state index in [-0.39, 0.29) is 48.4 Å². The van der Waals surface area contributed by atoms with E-state index in [0.29, 0.717) is 5.75 Å². The van der Waals surface area contributed by atoms with Gasteiger partial charge in [-0.25, -0.2) is 18.2 Å². The Labute approximate surface area is 168 Å². The van der Waals surface area contributed by atoms with Gasteiger partial charge in [0.05, 0.1) is 19.1 Å². The lowest BCUT2D eigenvalue weighted by Crippen LogP contribution is -2.50. The summed E-state index contributed by atoms with van der Waals surface area (Å²) >= 11 is 0. The summed E-state index contributed by atoms with van der Waals surface area (Å²) in [4.78, 5) is 30.0. The molecule has 0 saturated carbocycles. The summed E-state index contributed by atoms with van der Waals surface area (Å²) in [5.41, 5.74) is 0.151. The minimum absolute atomic E-state index is 0.0408. The number of amides is 1. The first-order valence-electron chi connectivity index (χ1n) is 8.85. The van der Waals surface area contributed by atoms with E-state index in [4.69, 9.17) is 4.74 Å². The quantitative estimate of drug-likeness (QED) is 0.666. The van der Waals surface area contributed by atoms with Gasteiger partial charge in [-0.05, 0) is 36.4 Å². The number of hydrogen-bond acceptors (Lipinski definition) is 7. The topological polar surface area (TPSA) is 106 Å². The van der Waals surface area contributed by atoms with E-state index in [1.165, 1.54) is 47.7 Å². The molecular weight excluding hydrogens is 398 g/mol. The average Bonchev–Trinajstić information content (AvgIpc) is 2.78. The normalized spacial score (nSPS) is 15.0. The molecule has 2 heterocycles. The predicted molar refractivity (Wildman–Crippen MR) is 103 cm³/mol. The molecule has 1 saturated heterocycles. The van der Waals surface area contributed by atoms with E-state index < -0.39 is 16.0 Å². The van der Waals surface area contributed by atoms with Crippen LogP contribution in [0, 0.1) is 0 Å². The van der Waals surface area contributed by atoms with Gasteiger partial charge in [0.2, 0.25) is 10.0 Å². The van der Waals surface area contributed by atoms with Crippen molar-refractivity contribution in [1.82, 2.24) is 14.2 Å². The van der Waals surface area contributed by atoms with Crippen molar-refractivity contribution in [2.24, 2.45) is 0 Å². The lowest BCUT2D eigenvalue weighted by Gasteiger charge is -2.33. The average molecular weight is 419 g/mol. The maximum Gasteiger partial charge on any atom is 0.356 e. The van der Waals surface area contributed by atoms with E-state index in [2.05, 4.69) is 9.72 Å². The third-order valence-electron chi connectivity index (χ3n) is 4.59. The van der Waals surface area contributed by atoms with Crippen LogP contribution in [0.2, 0.25) is 0 Å². The van der Waals surface area contributed by atoms with Crippen LogP contribution in [-0.2, 0) is 14.8 Å². The highest BCUT2D eigenvalue weighted by atomic mass is 32.2. The Bertz CT molecular complexity index is 999. The standard InChI is InChI=1S/C19H21N3O6S/c1-27-14-6-8-15(9-7-14)29(25,26)22-12-10-21(11-13-22)18(23)16-4-3-5-17(20-16)19(24)28-2/h3-9H,10-13H2,1-2H3. The summed E-state index contributed by atoms with van der Waals surface area (Å²) < 4.78 is 36.6. The number of carbonyl (C=O) groups is 2. The molecule has 154 valence electrons. The van der Waals surface area contributed by atoms with Crippen molar-refractivity contribution >= 4 is 21.9 Å². The zero-order valence-electron chi connectivity index (χ0n) is 16.1. The molecule has 0 atom stereocenters. The molecule has 1 fully saturated rings. The molecule has 1 amide bonds. The molecule has 0 unspecified atom stereocenters. The molecule has 9 nitrogen and oxygen atoms in total. The number of esters is 1. The summed E-state index contributed by atoms with van der Waals surface area (Å²) in [6, 6.07) is 10.7. The van der Waals surface area contributed by atoms with Crippen molar-refractivity contribution < 1.29 is 27.5 Å². The first kappa shape index (κ1) is 20.7. The smallest absolute Gasteiger partial charge is 0.356 e. The molecule has 2 aromatic rings. The maximum atomic E-state index is 12.8. The monoisotopic (exact) mass is 419 g/mol. The van der Waals surface area contributed by atoms with Crippen LogP contribution in [0.25, 0.3) is 0 Å². The molecule has 10 heteroatoms. The lowest BCUT2D eigenvalue weighted by molar-refractivity contribution is 0.0593. The molecule has 1 aromatic carbocycles. The highest BCUT2D eigenvalue weighted by Crippen LogP contribution is 2.21. The van der Waals surface area contributed by atoms with Crippen LogP contribution in [0.4, 0.5) is 0 Å². The Kier molecular flexibility index (Phi) is 6.14. The fourth-order valence-corrected chi connectivity index (χ4v) is 4.38. The molecular formula is C19H21N3O6S. The summed E-state index contributed by atoms with van der Waals surface area (Å²) in [5.74, 6) is -0.423. The largest absolute Gasteiger partial charge is 0.497 e. The summed E-state index contributed by atoms with van der Waals surface area (Å²) in [6.07, 6.45) is 0. The number of hydrogen-bond donors (Lipinski definition) is 0. The van der Waals surface area contributed by atoms with Crippen molar-refractivity contribution in [1.29, 1.82) is 0 Å². The van der Waals surface area contributed by atoms with Crippen LogP contribution in [0.3, 0.4) is 0 Å². The van der Waals surface area contributed by atoms with Crippen LogP contribution in [0.15, 0.2) is 47.4 Å². The minimum atomic E-state index is -3.66. The van der Waals surface area contributed by atoms with Crippen molar-refractivity contribution in [3.8, 4) is 5.75 Å². The number of rotatable bonds is 5. The number of ether oxygens (including phenoxy) is 2. The maximum absolute atomic E-state index is 12.8. The van der Waals surface area contributed by atoms with Gasteiger partial charge in [0.15, 0.2) is 0 Å². The molecule has 3 rings (SSSR count). The molecule has 0 radical (unpaired) electrons. The molecule has 29 heavy (non-hydrogen) atoms. The van der Waals surface area contributed by atoms with Crippen molar-refractivity contribution in [3.63, 3.8) is 0 Å². The van der Waals surface area contributed by atoms with E-state index in [1.54, 1.807) is 18.2 Å². The number of nitrogens with zero attached hydrogens (tertiary/aromatic N) is 3. The minimum Gasteiger partial charge on any atom is -0.497 e. The fraction of sp³-hybridized carbons (Fsp3) is 0.316. The molecule has 1 aliphatic rings. The van der Waals surface area contributed by atoms with Crippen molar-refractivity contribution in [3.05, 3.63) is 53.9 Å². The summed E-state index contributed by atoms with van der Waals surface area (Å²) in [6.45, 7) is 0.768. The fourth-order valence-electron chi connectivity index (χ4n) is 2.96. The Morgan fingerprint density at radius 2 is 1.55 bits per heavy atom. The number of methoxy groups -OCH3 is 2. The first-order chi connectivity index (χ1) is 13.9. The first-order valence-corrected chi connectivity index (χ1v) is 10.3. The molecule has 0 bridgehead atoms. The van der Waals surface area contributed by atoms with E-state index in [1.807, 2.05) is 0 Å². The van der Waals surface area contributed by atoms with Gasteiger partial charge >= 0.3 is 5.97 Å². The van der Waals surface area contributed by atoms with Crippen LogP contribution < -0.4 is 4.74 Å². The Hall–Kier alpha value is -2.98. The van der Waals surface area contributed by atoms with Crippen molar-refractivity contribution in [2.75, 3.05) is 40.4 Å². The molecule has 0 aliphatic carbocycles. The van der Waals surface area contributed by atoms with Gasteiger partial charge in [-0.1, -0.05) is 6.07 Å². The Balaban J connectivity index is 1.68. The van der Waals surface area contributed by atoms with Crippen molar-refractivity contribution in [2.45, 2.75) is 4.90 Å². The summed E-state index contributed by atoms with van der Waals surface area (Å²) in [7, 11) is -0.913. The highest BCUT2D eigenvalue weighted by molar-refractivity contribution is 7.89. The second-order valence-corrected chi connectivity index (χ2v) is 8.21. The van der Waals surface area contributed by atoms with E-state index in [0.717, 1.165) is 0 Å². The predicted octanol–water partition coefficient (Wildman–Crippen LogP) is 1.02. The van der Waals surface area contributed by atoms with Crippen LogP contribution in [-0.4, -0.2) is 74.9 Å². The Morgan fingerprint density at radius 3 is 2.14 bits per heavy atom. The third kappa shape index (κ3) is 4.38. The number of piperazine rings is 1. The van der Waals surface area contributed by atoms with Gasteiger partial charge in [0, 0.05) is 26.2 Å². The number of pyridine rings is 1. The van der Waals surface area contributed by atoms with Gasteiger partial charge in [-0.2, -0.15) is 4.31 Å². The third-order valence-corrected chi connectivity index (χ3v) is 6.50.